The number of halogens is 2. The first-order chi connectivity index (χ1) is 15.8. The number of thioether (sulfide) groups is 1. The number of carbonyl (C=O) groups is 3. The minimum Gasteiger partial charge on any atom is -0.481 e. The van der Waals surface area contributed by atoms with Gasteiger partial charge in [-0.25, -0.2) is 0 Å². The van der Waals surface area contributed by atoms with Gasteiger partial charge in [-0.2, -0.15) is 0 Å². The number of carboxylic acid groups (broad SMARTS) is 1. The molecule has 2 bridgehead atoms. The van der Waals surface area contributed by atoms with Crippen LogP contribution in [0, 0.1) is 11.8 Å². The summed E-state index contributed by atoms with van der Waals surface area (Å²) in [5, 5.41) is 19.4. The molecule has 1 aromatic carbocycles. The molecule has 4 rings (SSSR count). The Morgan fingerprint density at radius 2 is 2.09 bits per heavy atom. The molecule has 33 heavy (non-hydrogen) atoms. The van der Waals surface area contributed by atoms with Crippen molar-refractivity contribution in [1.29, 1.82) is 0 Å². The minimum atomic E-state index is -1.01. The fraction of sp³-hybridized carbons (Fsp3) is 0.522. The lowest BCUT2D eigenvalue weighted by Gasteiger charge is -2.37. The van der Waals surface area contributed by atoms with E-state index in [-0.39, 0.29) is 41.6 Å². The Hall–Kier alpha value is -1.55. The van der Waals surface area contributed by atoms with E-state index in [0.29, 0.717) is 30.0 Å². The third kappa shape index (κ3) is 3.90. The lowest BCUT2D eigenvalue weighted by atomic mass is 9.71. The number of carbonyl (C=O) groups excluding carboxylic acids is 2. The predicted octanol–water partition coefficient (Wildman–Crippen LogP) is 3.18. The van der Waals surface area contributed by atoms with Crippen molar-refractivity contribution in [1.82, 2.24) is 4.90 Å². The highest BCUT2D eigenvalue weighted by Gasteiger charge is 2.76. The number of unbranched alkanes of at least 4 members (excludes halogenated alkanes) is 1. The number of nitrogens with zero attached hydrogens (tertiary/aromatic N) is 2. The zero-order chi connectivity index (χ0) is 23.9. The summed E-state index contributed by atoms with van der Waals surface area (Å²) in [4.78, 5) is 43.0. The molecule has 3 fully saturated rings. The molecular weight excluding hydrogens is 532 g/mol. The molecule has 1 spiro atoms. The van der Waals surface area contributed by atoms with Crippen molar-refractivity contribution in [2.45, 2.75) is 40.1 Å². The van der Waals surface area contributed by atoms with Gasteiger partial charge in [-0.15, -0.1) is 18.3 Å². The normalized spacial score (nSPS) is 32.2. The quantitative estimate of drug-likeness (QED) is 0.275. The highest BCUT2D eigenvalue weighted by atomic mass is 79.9. The number of alkyl halides is 1. The van der Waals surface area contributed by atoms with Crippen molar-refractivity contribution >= 4 is 62.8 Å². The Morgan fingerprint density at radius 3 is 2.73 bits per heavy atom. The van der Waals surface area contributed by atoms with E-state index in [0.717, 1.165) is 0 Å². The molecule has 178 valence electrons. The number of aliphatic hydroxyl groups is 1. The summed E-state index contributed by atoms with van der Waals surface area (Å²) in [6, 6.07) is 6.18. The van der Waals surface area contributed by atoms with E-state index >= 15 is 0 Å². The number of hydrogen-bond donors (Lipinski definition) is 2. The van der Waals surface area contributed by atoms with Crippen LogP contribution in [-0.4, -0.2) is 73.5 Å². The molecule has 3 heterocycles. The van der Waals surface area contributed by atoms with Gasteiger partial charge in [0.15, 0.2) is 0 Å². The molecule has 2 N–H and O–H groups in total. The number of anilines is 1. The van der Waals surface area contributed by atoms with Gasteiger partial charge >= 0.3 is 5.97 Å². The molecule has 3 unspecified atom stereocenters. The first-order valence-corrected chi connectivity index (χ1v) is 13.1. The van der Waals surface area contributed by atoms with Crippen molar-refractivity contribution in [3.63, 3.8) is 0 Å². The number of rotatable bonds is 9. The Balaban J connectivity index is 1.79. The lowest BCUT2D eigenvalue weighted by molar-refractivity contribution is -0.148. The first-order valence-electron chi connectivity index (χ1n) is 10.9. The monoisotopic (exact) mass is 556 g/mol. The van der Waals surface area contributed by atoms with Crippen molar-refractivity contribution in [2.75, 3.05) is 24.6 Å². The maximum Gasteiger partial charge on any atom is 0.308 e. The van der Waals surface area contributed by atoms with Crippen LogP contribution in [0.15, 0.2) is 36.9 Å². The highest BCUT2D eigenvalue weighted by molar-refractivity contribution is 9.09. The van der Waals surface area contributed by atoms with E-state index in [1.807, 2.05) is 0 Å². The largest absolute Gasteiger partial charge is 0.481 e. The smallest absolute Gasteiger partial charge is 0.308 e. The fourth-order valence-corrected chi connectivity index (χ4v) is 9.42. The number of hydrogen-bond acceptors (Lipinski definition) is 5. The van der Waals surface area contributed by atoms with Gasteiger partial charge in [-0.1, -0.05) is 45.7 Å². The summed E-state index contributed by atoms with van der Waals surface area (Å²) in [5.74, 6) is -3.20. The van der Waals surface area contributed by atoms with Crippen LogP contribution in [0.25, 0.3) is 0 Å². The highest BCUT2D eigenvalue weighted by Crippen LogP contribution is 2.67. The van der Waals surface area contributed by atoms with Crippen LogP contribution < -0.4 is 4.90 Å². The summed E-state index contributed by atoms with van der Waals surface area (Å²) in [6.45, 7) is 4.25. The van der Waals surface area contributed by atoms with Crippen LogP contribution in [0.1, 0.15) is 19.3 Å². The number of amides is 2. The van der Waals surface area contributed by atoms with Crippen LogP contribution >= 0.6 is 39.3 Å². The summed E-state index contributed by atoms with van der Waals surface area (Å²) < 4.78 is -0.837. The van der Waals surface area contributed by atoms with E-state index in [2.05, 4.69) is 22.5 Å². The van der Waals surface area contributed by atoms with Gasteiger partial charge in [-0.3, -0.25) is 14.4 Å². The Morgan fingerprint density at radius 1 is 1.36 bits per heavy atom. The molecular formula is C23H26BrClN2O5S. The molecule has 1 aromatic rings. The maximum absolute atomic E-state index is 14.2. The summed E-state index contributed by atoms with van der Waals surface area (Å²) in [5.41, 5.74) is 0.523. The zero-order valence-corrected chi connectivity index (χ0v) is 21.1. The van der Waals surface area contributed by atoms with E-state index in [1.54, 1.807) is 35.2 Å². The second kappa shape index (κ2) is 9.60. The lowest BCUT2D eigenvalue weighted by Crippen LogP contribution is -2.55. The Labute approximate surface area is 210 Å². The predicted molar refractivity (Wildman–Crippen MR) is 132 cm³/mol. The minimum absolute atomic E-state index is 0.0184. The van der Waals surface area contributed by atoms with E-state index in [1.165, 1.54) is 16.7 Å². The van der Waals surface area contributed by atoms with Gasteiger partial charge in [0.1, 0.15) is 6.04 Å². The average molecular weight is 558 g/mol. The number of carboxylic acids is 1. The van der Waals surface area contributed by atoms with E-state index in [4.69, 9.17) is 11.6 Å². The number of likely N-dealkylation sites (tertiary alicyclic amines) is 1. The van der Waals surface area contributed by atoms with Gasteiger partial charge in [-0.05, 0) is 31.4 Å². The van der Waals surface area contributed by atoms with Gasteiger partial charge in [0.05, 0.1) is 27.3 Å². The molecule has 3 aliphatic heterocycles. The van der Waals surface area contributed by atoms with Gasteiger partial charge < -0.3 is 20.0 Å². The van der Waals surface area contributed by atoms with Crippen LogP contribution in [0.5, 0.6) is 0 Å². The van der Waals surface area contributed by atoms with Gasteiger partial charge in [0, 0.05) is 29.8 Å². The SMILES string of the molecule is C=CCN(C(=O)C1N(CCCCO)C(=O)[C@@H]2[C@H](C(=O)O)[C@H]3SC12CC3Br)c1ccccc1Cl. The number of benzene rings is 1. The summed E-state index contributed by atoms with van der Waals surface area (Å²) in [6.07, 6.45) is 3.14. The maximum atomic E-state index is 14.2. The Kier molecular flexibility index (Phi) is 7.15. The third-order valence-electron chi connectivity index (χ3n) is 6.84. The molecule has 10 heteroatoms. The van der Waals surface area contributed by atoms with Crippen LogP contribution in [0.2, 0.25) is 5.02 Å². The van der Waals surface area contributed by atoms with Crippen molar-refractivity contribution in [3.05, 3.63) is 41.9 Å². The number of aliphatic hydroxyl groups excluding tert-OH is 1. The molecule has 0 radical (unpaired) electrons. The number of aliphatic carboxylic acids is 1. The summed E-state index contributed by atoms with van der Waals surface area (Å²) >= 11 is 11.5. The molecule has 7 nitrogen and oxygen atoms in total. The van der Waals surface area contributed by atoms with Crippen LogP contribution in [0.3, 0.4) is 0 Å². The molecule has 0 saturated carbocycles. The zero-order valence-electron chi connectivity index (χ0n) is 17.9. The second-order valence-electron chi connectivity index (χ2n) is 8.65. The van der Waals surface area contributed by atoms with Crippen molar-refractivity contribution < 1.29 is 24.6 Å². The Bertz CT molecular complexity index is 980. The topological polar surface area (TPSA) is 98.2 Å². The molecule has 3 saturated heterocycles. The van der Waals surface area contributed by atoms with Crippen molar-refractivity contribution in [2.24, 2.45) is 11.8 Å². The third-order valence-corrected chi connectivity index (χ3v) is 10.4. The van der Waals surface area contributed by atoms with Crippen molar-refractivity contribution in [3.8, 4) is 0 Å². The first kappa shape index (κ1) is 24.6. The molecule has 2 amide bonds. The molecule has 0 aromatic heterocycles. The van der Waals surface area contributed by atoms with Gasteiger partial charge in [0.2, 0.25) is 5.91 Å². The van der Waals surface area contributed by atoms with E-state index in [9.17, 15) is 24.6 Å². The molecule has 3 aliphatic rings. The van der Waals surface area contributed by atoms with Crippen LogP contribution in [-0.2, 0) is 14.4 Å². The number of para-hydroxylation sites is 1. The number of fused-ring (bicyclic) bond motifs is 1. The van der Waals surface area contributed by atoms with Crippen LogP contribution in [0.4, 0.5) is 5.69 Å². The second-order valence-corrected chi connectivity index (χ2v) is 11.8. The molecule has 6 atom stereocenters. The molecule has 0 aliphatic carbocycles. The fourth-order valence-electron chi connectivity index (χ4n) is 5.58. The standard InChI is InChI=1S/C23H26BrClN2O5S/c1-2-9-26(15-8-4-3-7-14(15)25)21(30)19-23-12-13(24)18(33-23)16(22(31)32)17(23)20(29)27(19)10-5-6-11-28/h2-4,7-8,13,16-19,28H,1,5-6,9-12H2,(H,31,32)/t13?,16-,17-,18-,19?,23?/m0/s1. The average Bonchev–Trinajstić information content (AvgIpc) is 3.36. The summed E-state index contributed by atoms with van der Waals surface area (Å²) in [7, 11) is 0. The van der Waals surface area contributed by atoms with E-state index < -0.39 is 28.6 Å². The van der Waals surface area contributed by atoms with Gasteiger partial charge in [0.25, 0.3) is 5.91 Å².